The summed E-state index contributed by atoms with van der Waals surface area (Å²) in [6, 6.07) is 9.11. The van der Waals surface area contributed by atoms with Gasteiger partial charge >= 0.3 is 0 Å². The fourth-order valence-corrected chi connectivity index (χ4v) is 3.01. The van der Waals surface area contributed by atoms with Gasteiger partial charge in [0.25, 0.3) is 0 Å². The quantitative estimate of drug-likeness (QED) is 0.827. The third-order valence-electron chi connectivity index (χ3n) is 2.32. The molecule has 0 aromatic heterocycles. The Morgan fingerprint density at radius 1 is 1.21 bits per heavy atom. The zero-order valence-electron chi connectivity index (χ0n) is 9.45. The number of nitrogens with two attached hydrogens (primary N) is 1. The minimum absolute atomic E-state index is 0.0223. The van der Waals surface area contributed by atoms with E-state index in [-0.39, 0.29) is 10.6 Å². The Kier molecular flexibility index (Phi) is 4.08. The van der Waals surface area contributed by atoms with Crippen molar-refractivity contribution in [3.8, 4) is 6.07 Å². The Hall–Kier alpha value is -1.58. The van der Waals surface area contributed by atoms with Gasteiger partial charge in [0.05, 0.1) is 10.5 Å². The molecule has 2 aromatic carbocycles. The topological polar surface area (TPSA) is 49.8 Å². The maximum atomic E-state index is 13.7. The maximum Gasteiger partial charge on any atom is 0.142 e. The van der Waals surface area contributed by atoms with Gasteiger partial charge < -0.3 is 5.73 Å². The van der Waals surface area contributed by atoms with Gasteiger partial charge in [-0.15, -0.1) is 0 Å². The molecule has 0 atom stereocenters. The number of halogens is 3. The van der Waals surface area contributed by atoms with Crippen LogP contribution in [0.25, 0.3) is 0 Å². The molecule has 0 radical (unpaired) electrons. The maximum absolute atomic E-state index is 13.7. The van der Waals surface area contributed by atoms with Crippen LogP contribution >= 0.6 is 27.7 Å². The highest BCUT2D eigenvalue weighted by Crippen LogP contribution is 2.36. The van der Waals surface area contributed by atoms with Crippen molar-refractivity contribution in [3.63, 3.8) is 0 Å². The van der Waals surface area contributed by atoms with Crippen molar-refractivity contribution < 1.29 is 8.78 Å². The van der Waals surface area contributed by atoms with E-state index in [1.165, 1.54) is 0 Å². The molecule has 0 bridgehead atoms. The highest BCUT2D eigenvalue weighted by atomic mass is 79.9. The first-order valence-corrected chi connectivity index (χ1v) is 6.75. The molecule has 2 rings (SSSR count). The monoisotopic (exact) mass is 340 g/mol. The van der Waals surface area contributed by atoms with E-state index < -0.39 is 11.6 Å². The van der Waals surface area contributed by atoms with Crippen LogP contribution in [0.2, 0.25) is 0 Å². The molecule has 96 valence electrons. The molecule has 2 aromatic rings. The van der Waals surface area contributed by atoms with Crippen molar-refractivity contribution in [3.05, 3.63) is 52.0 Å². The molecular formula is C13H7BrF2N2S. The van der Waals surface area contributed by atoms with Gasteiger partial charge in [-0.05, 0) is 40.2 Å². The van der Waals surface area contributed by atoms with Crippen LogP contribution in [-0.4, -0.2) is 0 Å². The largest absolute Gasteiger partial charge is 0.399 e. The molecule has 0 spiro atoms. The summed E-state index contributed by atoms with van der Waals surface area (Å²) in [6.45, 7) is 0. The Balaban J connectivity index is 2.49. The molecule has 0 unspecified atom stereocenters. The highest BCUT2D eigenvalue weighted by Gasteiger charge is 2.15. The number of nitrogens with zero attached hydrogens (tertiary/aromatic N) is 1. The summed E-state index contributed by atoms with van der Waals surface area (Å²) in [5, 5.41) is 9.06. The van der Waals surface area contributed by atoms with Gasteiger partial charge in [-0.3, -0.25) is 0 Å². The second-order valence-electron chi connectivity index (χ2n) is 3.64. The van der Waals surface area contributed by atoms with Crippen LogP contribution in [0.5, 0.6) is 0 Å². The third-order valence-corrected chi connectivity index (χ3v) is 4.13. The molecule has 2 N–H and O–H groups in total. The number of nitriles is 1. The smallest absolute Gasteiger partial charge is 0.142 e. The lowest BCUT2D eigenvalue weighted by Gasteiger charge is -2.08. The van der Waals surface area contributed by atoms with Crippen LogP contribution in [0.1, 0.15) is 5.56 Å². The van der Waals surface area contributed by atoms with E-state index >= 15 is 0 Å². The number of hydrogen-bond donors (Lipinski definition) is 1. The third kappa shape index (κ3) is 2.88. The lowest BCUT2D eigenvalue weighted by atomic mass is 10.2. The molecule has 0 heterocycles. The van der Waals surface area contributed by atoms with Crippen LogP contribution in [0.15, 0.2) is 44.6 Å². The minimum Gasteiger partial charge on any atom is -0.399 e. The highest BCUT2D eigenvalue weighted by molar-refractivity contribution is 9.10. The molecule has 2 nitrogen and oxygen atoms in total. The predicted molar refractivity (Wildman–Crippen MR) is 73.8 cm³/mol. The van der Waals surface area contributed by atoms with Crippen LogP contribution in [0.4, 0.5) is 14.5 Å². The molecular weight excluding hydrogens is 334 g/mol. The second-order valence-corrected chi connectivity index (χ2v) is 5.55. The first-order chi connectivity index (χ1) is 9.02. The van der Waals surface area contributed by atoms with E-state index in [9.17, 15) is 8.78 Å². The van der Waals surface area contributed by atoms with Crippen LogP contribution in [0, 0.1) is 23.0 Å². The predicted octanol–water partition coefficient (Wildman–Crippen LogP) is 4.33. The Labute approximate surface area is 121 Å². The number of hydrogen-bond acceptors (Lipinski definition) is 3. The molecule has 0 aliphatic heterocycles. The number of rotatable bonds is 2. The number of nitrogen functional groups attached to an aromatic ring is 1. The summed E-state index contributed by atoms with van der Waals surface area (Å²) >= 11 is 4.08. The molecule has 19 heavy (non-hydrogen) atoms. The van der Waals surface area contributed by atoms with Crippen molar-refractivity contribution in [2.45, 2.75) is 9.79 Å². The summed E-state index contributed by atoms with van der Waals surface area (Å²) in [6.07, 6.45) is 0. The molecule has 0 aliphatic carbocycles. The second kappa shape index (κ2) is 5.59. The van der Waals surface area contributed by atoms with Gasteiger partial charge in [0.1, 0.15) is 17.7 Å². The Bertz CT molecular complexity index is 660. The number of benzene rings is 2. The summed E-state index contributed by atoms with van der Waals surface area (Å²) in [5.74, 6) is -1.49. The molecule has 0 saturated carbocycles. The molecule has 0 saturated heterocycles. The lowest BCUT2D eigenvalue weighted by Crippen LogP contribution is -1.94. The van der Waals surface area contributed by atoms with Gasteiger partial charge in [0.2, 0.25) is 0 Å². The fourth-order valence-electron chi connectivity index (χ4n) is 1.48. The SMILES string of the molecule is N#Cc1c(Br)cccc1Sc1c(F)cc(N)cc1F. The summed E-state index contributed by atoms with van der Waals surface area (Å²) in [5.41, 5.74) is 5.71. The molecule has 6 heteroatoms. The average molecular weight is 341 g/mol. The van der Waals surface area contributed by atoms with Crippen LogP contribution < -0.4 is 5.73 Å². The normalized spacial score (nSPS) is 10.2. The summed E-state index contributed by atoms with van der Waals surface area (Å²) < 4.78 is 28.0. The van der Waals surface area contributed by atoms with Crippen LogP contribution in [0.3, 0.4) is 0 Å². The molecule has 0 amide bonds. The molecule has 0 aliphatic rings. The fraction of sp³-hybridized carbons (Fsp3) is 0. The zero-order valence-corrected chi connectivity index (χ0v) is 11.9. The van der Waals surface area contributed by atoms with E-state index in [0.29, 0.717) is 14.9 Å². The van der Waals surface area contributed by atoms with Crippen molar-refractivity contribution >= 4 is 33.4 Å². The van der Waals surface area contributed by atoms with Gasteiger partial charge in [-0.1, -0.05) is 17.8 Å². The van der Waals surface area contributed by atoms with Gasteiger partial charge in [0, 0.05) is 15.1 Å². The van der Waals surface area contributed by atoms with Crippen molar-refractivity contribution in [1.82, 2.24) is 0 Å². The van der Waals surface area contributed by atoms with Crippen LogP contribution in [-0.2, 0) is 0 Å². The van der Waals surface area contributed by atoms with Crippen molar-refractivity contribution in [2.24, 2.45) is 0 Å². The van der Waals surface area contributed by atoms with E-state index in [0.717, 1.165) is 23.9 Å². The van der Waals surface area contributed by atoms with E-state index in [2.05, 4.69) is 15.9 Å². The molecule has 0 fully saturated rings. The van der Waals surface area contributed by atoms with Crippen molar-refractivity contribution in [2.75, 3.05) is 5.73 Å². The van der Waals surface area contributed by atoms with E-state index in [1.54, 1.807) is 18.2 Å². The standard InChI is InChI=1S/C13H7BrF2N2S/c14-9-2-1-3-12(8(9)6-17)19-13-10(15)4-7(18)5-11(13)16/h1-5H,18H2. The van der Waals surface area contributed by atoms with Gasteiger partial charge in [-0.25, -0.2) is 8.78 Å². The van der Waals surface area contributed by atoms with Gasteiger partial charge in [0.15, 0.2) is 0 Å². The first-order valence-electron chi connectivity index (χ1n) is 5.14. The van der Waals surface area contributed by atoms with E-state index in [4.69, 9.17) is 11.0 Å². The Morgan fingerprint density at radius 3 is 2.42 bits per heavy atom. The first kappa shape index (κ1) is 13.8. The number of anilines is 1. The minimum atomic E-state index is -0.744. The summed E-state index contributed by atoms with van der Waals surface area (Å²) in [4.78, 5) is 0.295. The average Bonchev–Trinajstić information content (AvgIpc) is 2.34. The van der Waals surface area contributed by atoms with Crippen molar-refractivity contribution in [1.29, 1.82) is 5.26 Å². The van der Waals surface area contributed by atoms with E-state index in [1.807, 2.05) is 6.07 Å². The Morgan fingerprint density at radius 2 is 1.84 bits per heavy atom. The van der Waals surface area contributed by atoms with Gasteiger partial charge in [-0.2, -0.15) is 5.26 Å². The zero-order chi connectivity index (χ0) is 14.0. The lowest BCUT2D eigenvalue weighted by molar-refractivity contribution is 0.542. The summed E-state index contributed by atoms with van der Waals surface area (Å²) in [7, 11) is 0.